The Bertz CT molecular complexity index is 259. The van der Waals surface area contributed by atoms with Gasteiger partial charge in [-0.2, -0.15) is 0 Å². The van der Waals surface area contributed by atoms with Crippen LogP contribution in [0.2, 0.25) is 0 Å². The normalized spacial score (nSPS) is 17.6. The summed E-state index contributed by atoms with van der Waals surface area (Å²) in [5.41, 5.74) is 0. The van der Waals surface area contributed by atoms with Gasteiger partial charge in [-0.3, -0.25) is 9.59 Å². The lowest BCUT2D eigenvalue weighted by Gasteiger charge is -2.15. The molecular weight excluding hydrogens is 260 g/mol. The smallest absolute Gasteiger partial charge is 0.138 e. The van der Waals surface area contributed by atoms with Gasteiger partial charge >= 0.3 is 0 Å². The van der Waals surface area contributed by atoms with Crippen molar-refractivity contribution < 1.29 is 9.59 Å². The van der Waals surface area contributed by atoms with Crippen LogP contribution in [-0.2, 0) is 9.59 Å². The van der Waals surface area contributed by atoms with E-state index in [0.717, 1.165) is 38.5 Å². The van der Waals surface area contributed by atoms with Gasteiger partial charge in [-0.05, 0) is 25.7 Å². The number of ketones is 2. The number of Topliss-reactive ketones (excluding diaryl/α,β-unsaturated/α-hetero) is 2. The van der Waals surface area contributed by atoms with E-state index in [1.54, 1.807) is 0 Å². The lowest BCUT2D eigenvalue weighted by molar-refractivity contribution is -0.126. The van der Waals surface area contributed by atoms with Crippen LogP contribution >= 0.6 is 0 Å². The number of unbranched alkanes of at least 4 members (excludes halogenated alkanes) is 2. The first kappa shape index (κ1) is 20.3. The fraction of sp³-hybridized carbons (Fsp3) is 0.895. The monoisotopic (exact) mass is 296 g/mol. The van der Waals surface area contributed by atoms with E-state index in [4.69, 9.17) is 0 Å². The maximum Gasteiger partial charge on any atom is 0.138 e. The Balaban J connectivity index is 0.000000471. The standard InChI is InChI=1S/C13H26O.C6H10O/c1-5-7-9-11(3)13(14)12(4)10-8-6-2;7-6-4-2-1-3-5-6/h11-12H,5-10H2,1-4H3;1-5H2. The minimum absolute atomic E-state index is 0.279. The predicted molar refractivity (Wildman–Crippen MR) is 90.5 cm³/mol. The average molecular weight is 296 g/mol. The van der Waals surface area contributed by atoms with Crippen LogP contribution in [0.4, 0.5) is 0 Å². The van der Waals surface area contributed by atoms with Gasteiger partial charge in [-0.25, -0.2) is 0 Å². The minimum atomic E-state index is 0.279. The molecule has 0 radical (unpaired) electrons. The highest BCUT2D eigenvalue weighted by Gasteiger charge is 2.18. The summed E-state index contributed by atoms with van der Waals surface area (Å²) < 4.78 is 0. The molecule has 2 unspecified atom stereocenters. The van der Waals surface area contributed by atoms with Crippen molar-refractivity contribution in [3.63, 3.8) is 0 Å². The highest BCUT2D eigenvalue weighted by Crippen LogP contribution is 2.18. The van der Waals surface area contributed by atoms with E-state index in [1.807, 2.05) is 0 Å². The third-order valence-corrected chi connectivity index (χ3v) is 4.36. The molecule has 21 heavy (non-hydrogen) atoms. The summed E-state index contributed by atoms with van der Waals surface area (Å²) in [5.74, 6) is 1.50. The van der Waals surface area contributed by atoms with Gasteiger partial charge in [0.2, 0.25) is 0 Å². The molecule has 1 fully saturated rings. The van der Waals surface area contributed by atoms with Gasteiger partial charge in [0.25, 0.3) is 0 Å². The first-order valence-corrected chi connectivity index (χ1v) is 9.08. The molecule has 1 saturated carbocycles. The van der Waals surface area contributed by atoms with Gasteiger partial charge in [0.15, 0.2) is 0 Å². The second kappa shape index (κ2) is 13.0. The highest BCUT2D eigenvalue weighted by atomic mass is 16.1. The van der Waals surface area contributed by atoms with E-state index in [9.17, 15) is 9.59 Å². The van der Waals surface area contributed by atoms with Gasteiger partial charge in [-0.15, -0.1) is 0 Å². The summed E-state index contributed by atoms with van der Waals surface area (Å²) in [5, 5.41) is 0. The van der Waals surface area contributed by atoms with Gasteiger partial charge in [-0.1, -0.05) is 59.8 Å². The van der Waals surface area contributed by atoms with Crippen LogP contribution < -0.4 is 0 Å². The molecular formula is C19H36O2. The Morgan fingerprint density at radius 3 is 1.62 bits per heavy atom. The van der Waals surface area contributed by atoms with Gasteiger partial charge in [0, 0.05) is 24.7 Å². The molecule has 2 atom stereocenters. The molecule has 0 aromatic rings. The fourth-order valence-electron chi connectivity index (χ4n) is 2.74. The molecule has 0 bridgehead atoms. The molecule has 0 N–H and O–H groups in total. The Morgan fingerprint density at radius 1 is 0.905 bits per heavy atom. The zero-order valence-electron chi connectivity index (χ0n) is 14.7. The van der Waals surface area contributed by atoms with Crippen molar-refractivity contribution in [2.75, 3.05) is 0 Å². The number of carbonyl (C=O) groups excluding carboxylic acids is 2. The lowest BCUT2D eigenvalue weighted by Crippen LogP contribution is -2.19. The summed E-state index contributed by atoms with van der Waals surface area (Å²) in [4.78, 5) is 22.3. The second-order valence-electron chi connectivity index (χ2n) is 6.59. The van der Waals surface area contributed by atoms with Crippen LogP contribution in [0.15, 0.2) is 0 Å². The highest BCUT2D eigenvalue weighted by molar-refractivity contribution is 5.82. The van der Waals surface area contributed by atoms with Crippen LogP contribution in [0.1, 0.15) is 98.3 Å². The van der Waals surface area contributed by atoms with Crippen molar-refractivity contribution in [3.8, 4) is 0 Å². The molecule has 0 amide bonds. The van der Waals surface area contributed by atoms with Crippen LogP contribution in [0.25, 0.3) is 0 Å². The molecule has 124 valence electrons. The van der Waals surface area contributed by atoms with Crippen LogP contribution in [0.3, 0.4) is 0 Å². The first-order chi connectivity index (χ1) is 10.0. The van der Waals surface area contributed by atoms with Crippen LogP contribution in [-0.4, -0.2) is 11.6 Å². The molecule has 0 saturated heterocycles. The van der Waals surface area contributed by atoms with Crippen molar-refractivity contribution in [3.05, 3.63) is 0 Å². The first-order valence-electron chi connectivity index (χ1n) is 9.08. The molecule has 1 rings (SSSR count). The van der Waals surface area contributed by atoms with E-state index in [0.29, 0.717) is 11.6 Å². The number of hydrogen-bond donors (Lipinski definition) is 0. The number of hydrogen-bond acceptors (Lipinski definition) is 2. The summed E-state index contributed by atoms with van der Waals surface area (Å²) in [6, 6.07) is 0. The molecule has 0 heterocycles. The molecule has 0 aromatic heterocycles. The molecule has 2 nitrogen and oxygen atoms in total. The summed E-state index contributed by atoms with van der Waals surface area (Å²) >= 11 is 0. The van der Waals surface area contributed by atoms with Crippen molar-refractivity contribution in [2.24, 2.45) is 11.8 Å². The Kier molecular flexibility index (Phi) is 12.6. The fourth-order valence-corrected chi connectivity index (χ4v) is 2.74. The SMILES string of the molecule is CCCCC(C)C(=O)C(C)CCCC.O=C1CCCCC1. The van der Waals surface area contributed by atoms with Gasteiger partial charge in [0.05, 0.1) is 0 Å². The van der Waals surface area contributed by atoms with E-state index in [-0.39, 0.29) is 11.8 Å². The van der Waals surface area contributed by atoms with E-state index in [1.165, 1.54) is 32.1 Å². The average Bonchev–Trinajstić information content (AvgIpc) is 2.50. The maximum atomic E-state index is 11.9. The summed E-state index contributed by atoms with van der Waals surface area (Å²) in [6.45, 7) is 8.52. The molecule has 0 spiro atoms. The Hall–Kier alpha value is -0.660. The Morgan fingerprint density at radius 2 is 1.33 bits per heavy atom. The Labute approximate surface area is 132 Å². The van der Waals surface area contributed by atoms with Crippen molar-refractivity contribution in [1.82, 2.24) is 0 Å². The van der Waals surface area contributed by atoms with Gasteiger partial charge < -0.3 is 0 Å². The summed E-state index contributed by atoms with van der Waals surface area (Å²) in [6.07, 6.45) is 12.2. The molecule has 0 aromatic carbocycles. The van der Waals surface area contributed by atoms with E-state index in [2.05, 4.69) is 27.7 Å². The van der Waals surface area contributed by atoms with E-state index < -0.39 is 0 Å². The van der Waals surface area contributed by atoms with Crippen molar-refractivity contribution >= 4 is 11.6 Å². The van der Waals surface area contributed by atoms with E-state index >= 15 is 0 Å². The van der Waals surface area contributed by atoms with Crippen molar-refractivity contribution in [2.45, 2.75) is 98.3 Å². The minimum Gasteiger partial charge on any atom is -0.300 e. The number of rotatable bonds is 8. The zero-order valence-corrected chi connectivity index (χ0v) is 14.7. The third kappa shape index (κ3) is 10.7. The second-order valence-corrected chi connectivity index (χ2v) is 6.59. The third-order valence-electron chi connectivity index (χ3n) is 4.36. The zero-order chi connectivity index (χ0) is 16.1. The molecule has 1 aliphatic carbocycles. The summed E-state index contributed by atoms with van der Waals surface area (Å²) in [7, 11) is 0. The molecule has 1 aliphatic rings. The lowest BCUT2D eigenvalue weighted by atomic mass is 9.88. The molecule has 0 aliphatic heterocycles. The maximum absolute atomic E-state index is 11.9. The largest absolute Gasteiger partial charge is 0.300 e. The van der Waals surface area contributed by atoms with Crippen LogP contribution in [0.5, 0.6) is 0 Å². The topological polar surface area (TPSA) is 34.1 Å². The van der Waals surface area contributed by atoms with Crippen molar-refractivity contribution in [1.29, 1.82) is 0 Å². The quantitative estimate of drug-likeness (QED) is 0.573. The predicted octanol–water partition coefficient (Wildman–Crippen LogP) is 5.73. The number of carbonyl (C=O) groups is 2. The molecule has 2 heteroatoms. The van der Waals surface area contributed by atoms with Crippen LogP contribution in [0, 0.1) is 11.8 Å². The van der Waals surface area contributed by atoms with Gasteiger partial charge in [0.1, 0.15) is 11.6 Å².